The van der Waals surface area contributed by atoms with Crippen LogP contribution in [0.3, 0.4) is 0 Å². The maximum atomic E-state index is 11.6. The number of ether oxygens (including phenoxy) is 1. The van der Waals surface area contributed by atoms with E-state index in [4.69, 9.17) is 9.15 Å². The van der Waals surface area contributed by atoms with Crippen LogP contribution in [0.1, 0.15) is 0 Å². The van der Waals surface area contributed by atoms with Crippen molar-refractivity contribution in [3.05, 3.63) is 52.9 Å². The molecule has 18 heavy (non-hydrogen) atoms. The van der Waals surface area contributed by atoms with E-state index in [2.05, 4.69) is 4.98 Å². The second kappa shape index (κ2) is 4.07. The molecule has 0 aliphatic rings. The summed E-state index contributed by atoms with van der Waals surface area (Å²) in [6.45, 7) is 0. The number of fused-ring (bicyclic) bond motifs is 1. The zero-order valence-electron chi connectivity index (χ0n) is 9.77. The maximum absolute atomic E-state index is 11.6. The number of aromatic nitrogens is 1. The summed E-state index contributed by atoms with van der Waals surface area (Å²) < 4.78 is 10.7. The molecule has 0 saturated carbocycles. The predicted molar refractivity (Wildman–Crippen MR) is 68.8 cm³/mol. The molecule has 0 unspecified atom stereocenters. The summed E-state index contributed by atoms with van der Waals surface area (Å²) in [6, 6.07) is 11.0. The molecular formula is C14H11NO3. The number of rotatable bonds is 2. The van der Waals surface area contributed by atoms with Crippen LogP contribution < -0.4 is 10.3 Å². The van der Waals surface area contributed by atoms with Crippen molar-refractivity contribution in [3.8, 4) is 17.1 Å². The lowest BCUT2D eigenvalue weighted by molar-refractivity contribution is 0.415. The summed E-state index contributed by atoms with van der Waals surface area (Å²) in [5.41, 5.74) is 1.35. The van der Waals surface area contributed by atoms with Crippen LogP contribution in [0.2, 0.25) is 0 Å². The largest absolute Gasteiger partial charge is 0.497 e. The minimum atomic E-state index is -0.143. The standard InChI is InChI=1S/C14H11NO3/c1-17-10-4-2-9(3-5-10)13-8-11-12(18-13)6-7-15-14(11)16/h2-8H,1H3,(H,15,16). The molecule has 4 nitrogen and oxygen atoms in total. The summed E-state index contributed by atoms with van der Waals surface area (Å²) in [4.78, 5) is 14.2. The van der Waals surface area contributed by atoms with Gasteiger partial charge in [0.1, 0.15) is 17.1 Å². The van der Waals surface area contributed by atoms with Crippen molar-refractivity contribution in [2.75, 3.05) is 7.11 Å². The fourth-order valence-corrected chi connectivity index (χ4v) is 1.87. The molecule has 90 valence electrons. The van der Waals surface area contributed by atoms with Crippen LogP contribution in [0.25, 0.3) is 22.3 Å². The van der Waals surface area contributed by atoms with Crippen molar-refractivity contribution in [2.24, 2.45) is 0 Å². The van der Waals surface area contributed by atoms with Gasteiger partial charge in [-0.3, -0.25) is 4.79 Å². The summed E-state index contributed by atoms with van der Waals surface area (Å²) >= 11 is 0. The number of H-pyrrole nitrogens is 1. The molecule has 3 rings (SSSR count). The lowest BCUT2D eigenvalue weighted by Crippen LogP contribution is -2.01. The lowest BCUT2D eigenvalue weighted by atomic mass is 10.1. The minimum Gasteiger partial charge on any atom is -0.497 e. The maximum Gasteiger partial charge on any atom is 0.259 e. The number of methoxy groups -OCH3 is 1. The average molecular weight is 241 g/mol. The van der Waals surface area contributed by atoms with Gasteiger partial charge < -0.3 is 14.1 Å². The van der Waals surface area contributed by atoms with Crippen molar-refractivity contribution in [2.45, 2.75) is 0 Å². The quantitative estimate of drug-likeness (QED) is 0.750. The number of benzene rings is 1. The Morgan fingerprint density at radius 1 is 1.17 bits per heavy atom. The van der Waals surface area contributed by atoms with Gasteiger partial charge in [-0.05, 0) is 36.4 Å². The van der Waals surface area contributed by atoms with E-state index in [1.54, 1.807) is 25.4 Å². The summed E-state index contributed by atoms with van der Waals surface area (Å²) in [5, 5.41) is 0.559. The van der Waals surface area contributed by atoms with Crippen molar-refractivity contribution >= 4 is 11.0 Å². The second-order valence-corrected chi connectivity index (χ2v) is 3.92. The Morgan fingerprint density at radius 3 is 2.61 bits per heavy atom. The number of pyridine rings is 1. The van der Waals surface area contributed by atoms with Gasteiger partial charge in [-0.2, -0.15) is 0 Å². The summed E-state index contributed by atoms with van der Waals surface area (Å²) in [6.07, 6.45) is 1.58. The minimum absolute atomic E-state index is 0.143. The molecule has 1 aromatic carbocycles. The number of aromatic amines is 1. The van der Waals surface area contributed by atoms with E-state index in [0.717, 1.165) is 11.3 Å². The van der Waals surface area contributed by atoms with Gasteiger partial charge in [0, 0.05) is 11.8 Å². The molecule has 3 aromatic rings. The summed E-state index contributed by atoms with van der Waals surface area (Å²) in [7, 11) is 1.62. The van der Waals surface area contributed by atoms with Gasteiger partial charge in [0.05, 0.1) is 12.5 Å². The van der Waals surface area contributed by atoms with Crippen LogP contribution in [0.4, 0.5) is 0 Å². The Balaban J connectivity index is 2.13. The number of hydrogen-bond acceptors (Lipinski definition) is 3. The van der Waals surface area contributed by atoms with Gasteiger partial charge in [0.15, 0.2) is 0 Å². The van der Waals surface area contributed by atoms with E-state index >= 15 is 0 Å². The lowest BCUT2D eigenvalue weighted by Gasteiger charge is -2.00. The van der Waals surface area contributed by atoms with Crippen molar-refractivity contribution in [1.82, 2.24) is 4.98 Å². The highest BCUT2D eigenvalue weighted by atomic mass is 16.5. The van der Waals surface area contributed by atoms with Gasteiger partial charge in [0.25, 0.3) is 5.56 Å². The molecule has 0 bridgehead atoms. The molecule has 0 amide bonds. The molecule has 0 spiro atoms. The average Bonchev–Trinajstić information content (AvgIpc) is 2.84. The van der Waals surface area contributed by atoms with E-state index < -0.39 is 0 Å². The second-order valence-electron chi connectivity index (χ2n) is 3.92. The van der Waals surface area contributed by atoms with Gasteiger partial charge in [-0.25, -0.2) is 0 Å². The number of hydrogen-bond donors (Lipinski definition) is 1. The molecule has 2 heterocycles. The topological polar surface area (TPSA) is 55.2 Å². The molecule has 0 aliphatic carbocycles. The molecule has 4 heteroatoms. The first-order chi connectivity index (χ1) is 8.78. The fourth-order valence-electron chi connectivity index (χ4n) is 1.87. The third-order valence-corrected chi connectivity index (χ3v) is 2.83. The fraction of sp³-hybridized carbons (Fsp3) is 0.0714. The molecule has 1 N–H and O–H groups in total. The normalized spacial score (nSPS) is 10.7. The zero-order valence-corrected chi connectivity index (χ0v) is 9.77. The molecule has 0 radical (unpaired) electrons. The van der Waals surface area contributed by atoms with Gasteiger partial charge in [0.2, 0.25) is 0 Å². The molecule has 2 aromatic heterocycles. The van der Waals surface area contributed by atoms with E-state index in [1.807, 2.05) is 24.3 Å². The van der Waals surface area contributed by atoms with E-state index in [1.165, 1.54) is 0 Å². The van der Waals surface area contributed by atoms with E-state index in [9.17, 15) is 4.79 Å². The number of nitrogens with one attached hydrogen (secondary N) is 1. The molecular weight excluding hydrogens is 230 g/mol. The van der Waals surface area contributed by atoms with Gasteiger partial charge in [-0.1, -0.05) is 0 Å². The van der Waals surface area contributed by atoms with E-state index in [-0.39, 0.29) is 5.56 Å². The monoisotopic (exact) mass is 241 g/mol. The Labute approximate surface area is 103 Å². The van der Waals surface area contributed by atoms with Gasteiger partial charge >= 0.3 is 0 Å². The van der Waals surface area contributed by atoms with Crippen LogP contribution in [0, 0.1) is 0 Å². The van der Waals surface area contributed by atoms with Crippen LogP contribution in [-0.4, -0.2) is 12.1 Å². The Hall–Kier alpha value is -2.49. The van der Waals surface area contributed by atoms with Crippen LogP contribution in [0.5, 0.6) is 5.75 Å². The van der Waals surface area contributed by atoms with Crippen molar-refractivity contribution < 1.29 is 9.15 Å². The third-order valence-electron chi connectivity index (χ3n) is 2.83. The SMILES string of the molecule is COc1ccc(-c2cc3c(=O)[nH]ccc3o2)cc1. The van der Waals surface area contributed by atoms with Crippen LogP contribution >= 0.6 is 0 Å². The number of furan rings is 1. The Bertz CT molecular complexity index is 738. The van der Waals surface area contributed by atoms with Crippen molar-refractivity contribution in [1.29, 1.82) is 0 Å². The van der Waals surface area contributed by atoms with Crippen LogP contribution in [-0.2, 0) is 0 Å². The predicted octanol–water partition coefficient (Wildman–Crippen LogP) is 2.80. The van der Waals surface area contributed by atoms with Crippen molar-refractivity contribution in [3.63, 3.8) is 0 Å². The first-order valence-corrected chi connectivity index (χ1v) is 5.53. The Morgan fingerprint density at radius 2 is 1.94 bits per heavy atom. The molecule has 0 aliphatic heterocycles. The smallest absolute Gasteiger partial charge is 0.259 e. The zero-order chi connectivity index (χ0) is 12.5. The first-order valence-electron chi connectivity index (χ1n) is 5.53. The molecule has 0 fully saturated rings. The highest BCUT2D eigenvalue weighted by molar-refractivity contribution is 5.81. The summed E-state index contributed by atoms with van der Waals surface area (Å²) in [5.74, 6) is 1.46. The van der Waals surface area contributed by atoms with E-state index in [0.29, 0.717) is 16.7 Å². The third kappa shape index (κ3) is 1.68. The van der Waals surface area contributed by atoms with Gasteiger partial charge in [-0.15, -0.1) is 0 Å². The van der Waals surface area contributed by atoms with Crippen LogP contribution in [0.15, 0.2) is 51.8 Å². The highest BCUT2D eigenvalue weighted by Gasteiger charge is 2.08. The Kier molecular flexibility index (Phi) is 2.41. The highest BCUT2D eigenvalue weighted by Crippen LogP contribution is 2.27. The molecule has 0 atom stereocenters. The molecule has 0 saturated heterocycles. The first kappa shape index (κ1) is 10.7.